The Morgan fingerprint density at radius 3 is 2.77 bits per heavy atom. The molecule has 1 aromatic rings. The number of aliphatic hydroxyl groups is 1. The van der Waals surface area contributed by atoms with E-state index in [4.69, 9.17) is 0 Å². The molecule has 3 unspecified atom stereocenters. The smallest absolute Gasteiger partial charge is 0.246 e. The number of amides is 1. The van der Waals surface area contributed by atoms with Crippen molar-refractivity contribution in [3.05, 3.63) is 47.5 Å². The fourth-order valence-corrected chi connectivity index (χ4v) is 8.21. The van der Waals surface area contributed by atoms with Gasteiger partial charge in [-0.3, -0.25) is 4.79 Å². The Bertz CT molecular complexity index is 877. The van der Waals surface area contributed by atoms with E-state index in [0.29, 0.717) is 29.1 Å². The van der Waals surface area contributed by atoms with Crippen LogP contribution in [0.4, 0.5) is 0 Å². The molecule has 3 nitrogen and oxygen atoms in total. The first-order valence-electron chi connectivity index (χ1n) is 11.9. The minimum atomic E-state index is -0.294. The summed E-state index contributed by atoms with van der Waals surface area (Å²) in [5.74, 6) is 2.22. The molecule has 162 valence electrons. The molecule has 4 aliphatic rings. The standard InChI is InChI=1S/C27H37NO2/c1-17-6-5-7-18(12-17)13-19-14-21-25-20(8-10-26(21,2)16-19)27(3)11-9-24(30)28(4)23(27)15-22(25)29/h5-7,9,11-12,19-23,25,29H,8,10,13-16H2,1-4H3/t19?,20-,21+,22?,23?,25-,26-,27-/m1/s1. The largest absolute Gasteiger partial charge is 0.393 e. The summed E-state index contributed by atoms with van der Waals surface area (Å²) < 4.78 is 0. The first-order chi connectivity index (χ1) is 14.2. The van der Waals surface area contributed by atoms with Crippen LogP contribution in [0.5, 0.6) is 0 Å². The molecule has 3 fully saturated rings. The number of likely N-dealkylation sites (N-methyl/N-ethyl adjacent to an activating group) is 1. The molecule has 1 aliphatic heterocycles. The van der Waals surface area contributed by atoms with Gasteiger partial charge in [0.05, 0.1) is 6.10 Å². The number of hydrogen-bond donors (Lipinski definition) is 1. The molecule has 1 aromatic carbocycles. The van der Waals surface area contributed by atoms with Crippen molar-refractivity contribution in [1.82, 2.24) is 4.90 Å². The van der Waals surface area contributed by atoms with Gasteiger partial charge in [0.1, 0.15) is 0 Å². The predicted octanol–water partition coefficient (Wildman–Crippen LogP) is 4.76. The van der Waals surface area contributed by atoms with Crippen molar-refractivity contribution in [2.45, 2.75) is 71.4 Å². The van der Waals surface area contributed by atoms with E-state index in [1.807, 2.05) is 11.9 Å². The number of fused-ring (bicyclic) bond motifs is 5. The normalized spacial score (nSPS) is 45.1. The first kappa shape index (κ1) is 20.3. The van der Waals surface area contributed by atoms with Crippen LogP contribution in [-0.2, 0) is 11.2 Å². The molecule has 8 atom stereocenters. The molecule has 1 amide bonds. The molecule has 3 aliphatic carbocycles. The molecule has 5 rings (SSSR count). The molecule has 3 saturated carbocycles. The van der Waals surface area contributed by atoms with Crippen LogP contribution in [0.25, 0.3) is 0 Å². The van der Waals surface area contributed by atoms with Crippen LogP contribution in [0.2, 0.25) is 0 Å². The van der Waals surface area contributed by atoms with Gasteiger partial charge in [0.25, 0.3) is 0 Å². The third-order valence-electron chi connectivity index (χ3n) is 9.63. The third-order valence-corrected chi connectivity index (χ3v) is 9.63. The molecule has 0 bridgehead atoms. The van der Waals surface area contributed by atoms with Gasteiger partial charge < -0.3 is 10.0 Å². The van der Waals surface area contributed by atoms with Gasteiger partial charge in [-0.2, -0.15) is 0 Å². The summed E-state index contributed by atoms with van der Waals surface area (Å²) in [6.45, 7) is 7.03. The number of rotatable bonds is 2. The van der Waals surface area contributed by atoms with Gasteiger partial charge in [-0.05, 0) is 86.2 Å². The van der Waals surface area contributed by atoms with E-state index in [1.54, 1.807) is 6.08 Å². The van der Waals surface area contributed by atoms with Crippen LogP contribution in [-0.4, -0.2) is 35.1 Å². The minimum Gasteiger partial charge on any atom is -0.393 e. The van der Waals surface area contributed by atoms with Crippen molar-refractivity contribution >= 4 is 5.91 Å². The van der Waals surface area contributed by atoms with Crippen molar-refractivity contribution in [3.8, 4) is 0 Å². The Morgan fingerprint density at radius 1 is 1.20 bits per heavy atom. The summed E-state index contributed by atoms with van der Waals surface area (Å²) in [6.07, 6.45) is 10.5. The lowest BCUT2D eigenvalue weighted by atomic mass is 9.48. The highest BCUT2D eigenvalue weighted by Crippen LogP contribution is 2.65. The zero-order chi connectivity index (χ0) is 21.3. The number of nitrogens with zero attached hydrogens (tertiary/aromatic N) is 1. The third kappa shape index (κ3) is 2.99. The van der Waals surface area contributed by atoms with E-state index in [0.717, 1.165) is 12.8 Å². The van der Waals surface area contributed by atoms with Crippen LogP contribution in [0.15, 0.2) is 36.4 Å². The summed E-state index contributed by atoms with van der Waals surface area (Å²) in [5, 5.41) is 11.4. The first-order valence-corrected chi connectivity index (χ1v) is 11.9. The maximum atomic E-state index is 12.3. The predicted molar refractivity (Wildman–Crippen MR) is 120 cm³/mol. The monoisotopic (exact) mass is 407 g/mol. The molecule has 0 spiro atoms. The second-order valence-corrected chi connectivity index (χ2v) is 11.4. The zero-order valence-electron chi connectivity index (χ0n) is 19.0. The molecular formula is C27H37NO2. The Labute approximate surface area is 181 Å². The minimum absolute atomic E-state index is 0.0114. The molecule has 1 heterocycles. The zero-order valence-corrected chi connectivity index (χ0v) is 19.0. The van der Waals surface area contributed by atoms with E-state index >= 15 is 0 Å². The Kier molecular flexibility index (Phi) is 4.70. The van der Waals surface area contributed by atoms with Gasteiger partial charge in [-0.25, -0.2) is 0 Å². The number of aryl methyl sites for hydroxylation is 1. The number of carbonyl (C=O) groups excluding carboxylic acids is 1. The molecule has 0 saturated heterocycles. The van der Waals surface area contributed by atoms with Crippen LogP contribution in [0.3, 0.4) is 0 Å². The molecule has 0 radical (unpaired) electrons. The van der Waals surface area contributed by atoms with Crippen molar-refractivity contribution in [1.29, 1.82) is 0 Å². The van der Waals surface area contributed by atoms with Crippen LogP contribution in [0.1, 0.15) is 57.1 Å². The van der Waals surface area contributed by atoms with Crippen molar-refractivity contribution in [3.63, 3.8) is 0 Å². The number of benzene rings is 1. The molecular weight excluding hydrogens is 370 g/mol. The number of aliphatic hydroxyl groups excluding tert-OH is 1. The fourth-order valence-electron chi connectivity index (χ4n) is 8.21. The molecule has 0 aromatic heterocycles. The molecule has 1 N–H and O–H groups in total. The summed E-state index contributed by atoms with van der Waals surface area (Å²) in [6, 6.07) is 9.11. The van der Waals surface area contributed by atoms with E-state index in [-0.39, 0.29) is 23.5 Å². The lowest BCUT2D eigenvalue weighted by Crippen LogP contribution is -2.63. The highest BCUT2D eigenvalue weighted by molar-refractivity contribution is 5.89. The topological polar surface area (TPSA) is 40.5 Å². The van der Waals surface area contributed by atoms with Crippen molar-refractivity contribution in [2.75, 3.05) is 7.05 Å². The van der Waals surface area contributed by atoms with Crippen LogP contribution >= 0.6 is 0 Å². The van der Waals surface area contributed by atoms with Crippen molar-refractivity contribution in [2.24, 2.45) is 34.5 Å². The van der Waals surface area contributed by atoms with Gasteiger partial charge in [0, 0.05) is 18.5 Å². The van der Waals surface area contributed by atoms with Gasteiger partial charge in [-0.1, -0.05) is 49.8 Å². The summed E-state index contributed by atoms with van der Waals surface area (Å²) >= 11 is 0. The summed E-state index contributed by atoms with van der Waals surface area (Å²) in [7, 11) is 1.92. The lowest BCUT2D eigenvalue weighted by molar-refractivity contribution is -0.154. The van der Waals surface area contributed by atoms with E-state index in [1.165, 1.54) is 36.8 Å². The highest BCUT2D eigenvalue weighted by atomic mass is 16.3. The quantitative estimate of drug-likeness (QED) is 0.768. The summed E-state index contributed by atoms with van der Waals surface area (Å²) in [4.78, 5) is 14.2. The van der Waals surface area contributed by atoms with Crippen LogP contribution in [0, 0.1) is 41.4 Å². The number of hydrogen-bond acceptors (Lipinski definition) is 2. The summed E-state index contributed by atoms with van der Waals surface area (Å²) in [5.41, 5.74) is 3.15. The lowest BCUT2D eigenvalue weighted by Gasteiger charge is -2.61. The maximum Gasteiger partial charge on any atom is 0.246 e. The second-order valence-electron chi connectivity index (χ2n) is 11.4. The molecule has 3 heteroatoms. The van der Waals surface area contributed by atoms with Gasteiger partial charge in [0.2, 0.25) is 5.91 Å². The fraction of sp³-hybridized carbons (Fsp3) is 0.667. The van der Waals surface area contributed by atoms with Crippen molar-refractivity contribution < 1.29 is 9.90 Å². The Morgan fingerprint density at radius 2 is 2.00 bits per heavy atom. The highest BCUT2D eigenvalue weighted by Gasteiger charge is 2.61. The average Bonchev–Trinajstić information content (AvgIpc) is 3.02. The van der Waals surface area contributed by atoms with Gasteiger partial charge in [-0.15, -0.1) is 0 Å². The van der Waals surface area contributed by atoms with E-state index in [2.05, 4.69) is 51.1 Å². The van der Waals surface area contributed by atoms with Crippen LogP contribution < -0.4 is 0 Å². The Balaban J connectivity index is 1.42. The van der Waals surface area contributed by atoms with Gasteiger partial charge >= 0.3 is 0 Å². The maximum absolute atomic E-state index is 12.3. The molecule has 30 heavy (non-hydrogen) atoms. The second kappa shape index (κ2) is 6.95. The van der Waals surface area contributed by atoms with Gasteiger partial charge in [0.15, 0.2) is 0 Å². The average molecular weight is 408 g/mol. The van der Waals surface area contributed by atoms with E-state index in [9.17, 15) is 9.90 Å². The van der Waals surface area contributed by atoms with E-state index < -0.39 is 0 Å². The number of carbonyl (C=O) groups is 1. The SMILES string of the molecule is Cc1cccc(CC2C[C@H]3[C@@H]4C(O)CC5N(C)C(=O)C=C[C@]5(C)[C@@H]4CC[C@]3(C)C2)c1. The Hall–Kier alpha value is -1.61.